The zero-order valence-corrected chi connectivity index (χ0v) is 14.7. The van der Waals surface area contributed by atoms with E-state index in [2.05, 4.69) is 53.4 Å². The number of carbonyl (C=O) groups excluding carboxylic acids is 1. The molecule has 1 amide bonds. The van der Waals surface area contributed by atoms with E-state index in [9.17, 15) is 4.79 Å². The van der Waals surface area contributed by atoms with E-state index >= 15 is 0 Å². The van der Waals surface area contributed by atoms with E-state index in [4.69, 9.17) is 5.73 Å². The number of nitrogens with two attached hydrogens (primary N) is 1. The van der Waals surface area contributed by atoms with Gasteiger partial charge in [0.15, 0.2) is 0 Å². The highest BCUT2D eigenvalue weighted by molar-refractivity contribution is 5.82. The number of likely N-dealkylation sites (tertiary alicyclic amines) is 1. The second-order valence-corrected chi connectivity index (χ2v) is 7.81. The molecule has 1 heterocycles. The molecule has 2 aromatic rings. The smallest absolute Gasteiger partial charge is 0.225 e. The van der Waals surface area contributed by atoms with Crippen LogP contribution in [0.25, 0.3) is 11.1 Å². The Kier molecular flexibility index (Phi) is 4.34. The van der Waals surface area contributed by atoms with Crippen molar-refractivity contribution in [2.45, 2.75) is 25.7 Å². The fraction of sp³-hybridized carbons (Fsp3) is 0.409. The van der Waals surface area contributed by atoms with Crippen LogP contribution in [0.5, 0.6) is 0 Å². The van der Waals surface area contributed by atoms with Crippen LogP contribution in [0.2, 0.25) is 0 Å². The molecule has 0 unspecified atom stereocenters. The molecule has 2 N–H and O–H groups in total. The molecule has 1 saturated heterocycles. The maximum absolute atomic E-state index is 12.3. The summed E-state index contributed by atoms with van der Waals surface area (Å²) in [5.74, 6) is 0.715. The van der Waals surface area contributed by atoms with Crippen LogP contribution in [0.3, 0.4) is 0 Å². The van der Waals surface area contributed by atoms with Crippen LogP contribution in [0, 0.1) is 11.3 Å². The van der Waals surface area contributed by atoms with Crippen molar-refractivity contribution in [2.24, 2.45) is 17.1 Å². The largest absolute Gasteiger partial charge is 0.369 e. The maximum atomic E-state index is 12.3. The molecule has 2 aliphatic rings. The molecular weight excluding hydrogens is 308 g/mol. The number of amides is 1. The Bertz CT molecular complexity index is 736. The van der Waals surface area contributed by atoms with Gasteiger partial charge in [0.05, 0.1) is 5.41 Å². The number of carbonyl (C=O) groups is 1. The summed E-state index contributed by atoms with van der Waals surface area (Å²) in [6.45, 7) is 2.96. The van der Waals surface area contributed by atoms with Gasteiger partial charge in [-0.1, -0.05) is 54.6 Å². The maximum Gasteiger partial charge on any atom is 0.225 e. The molecule has 0 radical (unpaired) electrons. The Morgan fingerprint density at radius 2 is 1.72 bits per heavy atom. The third-order valence-electron chi connectivity index (χ3n) is 5.77. The average molecular weight is 334 g/mol. The van der Waals surface area contributed by atoms with E-state index in [0.29, 0.717) is 0 Å². The summed E-state index contributed by atoms with van der Waals surface area (Å²) in [4.78, 5) is 14.7. The first-order valence-corrected chi connectivity index (χ1v) is 9.31. The minimum absolute atomic E-state index is 0.141. The lowest BCUT2D eigenvalue weighted by molar-refractivity contribution is -0.127. The highest BCUT2D eigenvalue weighted by Gasteiger charge is 2.44. The first-order chi connectivity index (χ1) is 12.1. The standard InChI is InChI=1S/C22H26N2O/c23-21(25)22(12-13-24(16-22)15-18-6-7-18)14-17-8-10-20(11-9-17)19-4-2-1-3-5-19/h1-5,8-11,18H,6-7,12-16H2,(H2,23,25)/t22-/m1/s1. The van der Waals surface area contributed by atoms with Crippen molar-refractivity contribution in [3.63, 3.8) is 0 Å². The summed E-state index contributed by atoms with van der Waals surface area (Å²) < 4.78 is 0. The summed E-state index contributed by atoms with van der Waals surface area (Å²) in [5.41, 5.74) is 9.07. The van der Waals surface area contributed by atoms with Gasteiger partial charge >= 0.3 is 0 Å². The molecule has 0 aromatic heterocycles. The molecule has 2 fully saturated rings. The van der Waals surface area contributed by atoms with Gasteiger partial charge in [-0.3, -0.25) is 4.79 Å². The van der Waals surface area contributed by atoms with Crippen molar-refractivity contribution < 1.29 is 4.79 Å². The third kappa shape index (κ3) is 3.62. The molecule has 0 bridgehead atoms. The highest BCUT2D eigenvalue weighted by Crippen LogP contribution is 2.37. The van der Waals surface area contributed by atoms with Crippen molar-refractivity contribution >= 4 is 5.91 Å². The summed E-state index contributed by atoms with van der Waals surface area (Å²) in [7, 11) is 0. The van der Waals surface area contributed by atoms with Gasteiger partial charge in [0, 0.05) is 13.1 Å². The molecular formula is C22H26N2O. The van der Waals surface area contributed by atoms with Crippen LogP contribution in [0.4, 0.5) is 0 Å². The fourth-order valence-electron chi connectivity index (χ4n) is 4.05. The van der Waals surface area contributed by atoms with Crippen LogP contribution in [0.1, 0.15) is 24.8 Å². The summed E-state index contributed by atoms with van der Waals surface area (Å²) in [6, 6.07) is 19.0. The zero-order valence-electron chi connectivity index (χ0n) is 14.7. The number of benzene rings is 2. The van der Waals surface area contributed by atoms with Gasteiger partial charge in [-0.15, -0.1) is 0 Å². The molecule has 1 aliphatic carbocycles. The van der Waals surface area contributed by atoms with Crippen LogP contribution in [0.15, 0.2) is 54.6 Å². The van der Waals surface area contributed by atoms with E-state index < -0.39 is 5.41 Å². The number of nitrogens with zero attached hydrogens (tertiary/aromatic N) is 1. The molecule has 3 heteroatoms. The first-order valence-electron chi connectivity index (χ1n) is 9.31. The predicted octanol–water partition coefficient (Wildman–Crippen LogP) is 3.48. The third-order valence-corrected chi connectivity index (χ3v) is 5.77. The highest BCUT2D eigenvalue weighted by atomic mass is 16.1. The molecule has 0 spiro atoms. The average Bonchev–Trinajstić information content (AvgIpc) is 3.35. The quantitative estimate of drug-likeness (QED) is 0.879. The fourth-order valence-corrected chi connectivity index (χ4v) is 4.05. The Balaban J connectivity index is 1.48. The number of rotatable bonds is 6. The van der Waals surface area contributed by atoms with Gasteiger partial charge in [0.25, 0.3) is 0 Å². The summed E-state index contributed by atoms with van der Waals surface area (Å²) in [6.07, 6.45) is 4.33. The Labute approximate surface area is 149 Å². The minimum Gasteiger partial charge on any atom is -0.369 e. The van der Waals surface area contributed by atoms with Crippen LogP contribution < -0.4 is 5.73 Å². The lowest BCUT2D eigenvalue weighted by Crippen LogP contribution is -2.41. The topological polar surface area (TPSA) is 46.3 Å². The molecule has 4 rings (SSSR count). The Morgan fingerprint density at radius 1 is 1.04 bits per heavy atom. The van der Waals surface area contributed by atoms with Crippen LogP contribution >= 0.6 is 0 Å². The number of hydrogen-bond donors (Lipinski definition) is 1. The monoisotopic (exact) mass is 334 g/mol. The van der Waals surface area contributed by atoms with Crippen LogP contribution in [-0.4, -0.2) is 30.4 Å². The Hall–Kier alpha value is -2.13. The van der Waals surface area contributed by atoms with E-state index in [-0.39, 0.29) is 5.91 Å². The lowest BCUT2D eigenvalue weighted by Gasteiger charge is -2.26. The van der Waals surface area contributed by atoms with Crippen LogP contribution in [-0.2, 0) is 11.2 Å². The number of hydrogen-bond acceptors (Lipinski definition) is 2. The van der Waals surface area contributed by atoms with Crippen molar-refractivity contribution in [1.29, 1.82) is 0 Å². The van der Waals surface area contributed by atoms with Crippen molar-refractivity contribution in [3.05, 3.63) is 60.2 Å². The summed E-state index contributed by atoms with van der Waals surface area (Å²) >= 11 is 0. The van der Waals surface area contributed by atoms with Gasteiger partial charge < -0.3 is 10.6 Å². The SMILES string of the molecule is NC(=O)[C@@]1(Cc2ccc(-c3ccccc3)cc2)CCN(CC2CC2)C1. The molecule has 2 aromatic carbocycles. The predicted molar refractivity (Wildman–Crippen MR) is 101 cm³/mol. The second-order valence-electron chi connectivity index (χ2n) is 7.81. The molecule has 1 aliphatic heterocycles. The van der Waals surface area contributed by atoms with Gasteiger partial charge in [-0.2, -0.15) is 0 Å². The van der Waals surface area contributed by atoms with Gasteiger partial charge in [0.1, 0.15) is 0 Å². The van der Waals surface area contributed by atoms with Gasteiger partial charge in [0.2, 0.25) is 5.91 Å². The normalized spacial score (nSPS) is 23.7. The summed E-state index contributed by atoms with van der Waals surface area (Å²) in [5, 5.41) is 0. The van der Waals surface area contributed by atoms with E-state index in [1.165, 1.54) is 29.5 Å². The van der Waals surface area contributed by atoms with E-state index in [1.807, 2.05) is 6.07 Å². The Morgan fingerprint density at radius 3 is 2.36 bits per heavy atom. The van der Waals surface area contributed by atoms with Crippen molar-refractivity contribution in [3.8, 4) is 11.1 Å². The van der Waals surface area contributed by atoms with Gasteiger partial charge in [-0.25, -0.2) is 0 Å². The minimum atomic E-state index is -0.400. The second kappa shape index (κ2) is 6.64. The molecule has 130 valence electrons. The van der Waals surface area contributed by atoms with Crippen molar-refractivity contribution in [2.75, 3.05) is 19.6 Å². The van der Waals surface area contributed by atoms with E-state index in [1.54, 1.807) is 0 Å². The molecule has 1 atom stereocenters. The van der Waals surface area contributed by atoms with Crippen molar-refractivity contribution in [1.82, 2.24) is 4.90 Å². The van der Waals surface area contributed by atoms with Gasteiger partial charge in [-0.05, 0) is 54.8 Å². The first kappa shape index (κ1) is 16.3. The lowest BCUT2D eigenvalue weighted by atomic mass is 9.80. The zero-order chi connectivity index (χ0) is 17.3. The molecule has 1 saturated carbocycles. The molecule has 3 nitrogen and oxygen atoms in total. The van der Waals surface area contributed by atoms with E-state index in [0.717, 1.165) is 38.4 Å². The molecule has 25 heavy (non-hydrogen) atoms. The number of primary amides is 1.